The van der Waals surface area contributed by atoms with E-state index in [9.17, 15) is 18.5 Å². The molecule has 0 N–H and O–H groups in total. The molecule has 1 aliphatic heterocycles. The molecule has 136 valence electrons. The Bertz CT molecular complexity index is 593. The molecule has 8 heteroatoms. The Morgan fingerprint density at radius 1 is 1.12 bits per heavy atom. The third kappa shape index (κ3) is 4.47. The van der Waals surface area contributed by atoms with Crippen molar-refractivity contribution in [3.8, 4) is 6.07 Å². The molecule has 0 aromatic heterocycles. The maximum absolute atomic E-state index is 12.7. The van der Waals surface area contributed by atoms with E-state index in [0.29, 0.717) is 32.6 Å². The molecule has 24 heavy (non-hydrogen) atoms. The highest BCUT2D eigenvalue weighted by Gasteiger charge is 2.39. The summed E-state index contributed by atoms with van der Waals surface area (Å²) in [5.74, 6) is -0.0498. The normalized spacial score (nSPS) is 23.2. The van der Waals surface area contributed by atoms with E-state index in [0.717, 1.165) is 32.1 Å². The molecule has 1 saturated heterocycles. The predicted octanol–water partition coefficient (Wildman–Crippen LogP) is 0.639. The number of nitrogens with zero attached hydrogens (tertiary/aromatic N) is 4. The third-order valence-electron chi connectivity index (χ3n) is 5.28. The minimum Gasteiger partial charge on any atom is -0.326 e. The molecule has 0 unspecified atom stereocenters. The highest BCUT2D eigenvalue weighted by molar-refractivity contribution is 7.88. The fraction of sp³-hybridized carbons (Fsp3) is 0.875. The Balaban J connectivity index is 1.95. The van der Waals surface area contributed by atoms with Crippen molar-refractivity contribution in [2.24, 2.45) is 0 Å². The van der Waals surface area contributed by atoms with Crippen LogP contribution in [0.1, 0.15) is 38.5 Å². The molecule has 0 bridgehead atoms. The number of carbonyl (C=O) groups excluding carboxylic acids is 1. The lowest BCUT2D eigenvalue weighted by molar-refractivity contribution is -0.136. The van der Waals surface area contributed by atoms with Crippen LogP contribution < -0.4 is 0 Å². The number of likely N-dealkylation sites (N-methyl/N-ethyl adjacent to an activating group) is 1. The summed E-state index contributed by atoms with van der Waals surface area (Å²) in [6.45, 7) is 2.41. The number of sulfonamides is 1. The van der Waals surface area contributed by atoms with Crippen molar-refractivity contribution in [1.82, 2.24) is 14.1 Å². The first-order chi connectivity index (χ1) is 11.3. The van der Waals surface area contributed by atoms with Crippen LogP contribution in [0.15, 0.2) is 0 Å². The Morgan fingerprint density at radius 2 is 1.79 bits per heavy atom. The van der Waals surface area contributed by atoms with Gasteiger partial charge in [-0.1, -0.05) is 19.3 Å². The summed E-state index contributed by atoms with van der Waals surface area (Å²) in [4.78, 5) is 16.3. The van der Waals surface area contributed by atoms with Gasteiger partial charge in [0.15, 0.2) is 0 Å². The molecular weight excluding hydrogens is 328 g/mol. The summed E-state index contributed by atoms with van der Waals surface area (Å²) in [7, 11) is -1.45. The Morgan fingerprint density at radius 3 is 2.38 bits per heavy atom. The molecule has 0 radical (unpaired) electrons. The monoisotopic (exact) mass is 356 g/mol. The third-order valence-corrected chi connectivity index (χ3v) is 6.58. The van der Waals surface area contributed by atoms with Crippen molar-refractivity contribution < 1.29 is 13.2 Å². The summed E-state index contributed by atoms with van der Waals surface area (Å²) in [5, 5.41) is 9.61. The van der Waals surface area contributed by atoms with Gasteiger partial charge in [-0.2, -0.15) is 5.26 Å². The van der Waals surface area contributed by atoms with Crippen molar-refractivity contribution >= 4 is 15.9 Å². The van der Waals surface area contributed by atoms with Gasteiger partial charge in [-0.05, 0) is 25.8 Å². The van der Waals surface area contributed by atoms with Gasteiger partial charge in [0.2, 0.25) is 15.9 Å². The van der Waals surface area contributed by atoms with Crippen LogP contribution in [0.2, 0.25) is 0 Å². The molecule has 2 fully saturated rings. The zero-order valence-corrected chi connectivity index (χ0v) is 15.5. The standard InChI is InChI=1S/C16H28N4O3S/c1-18(16(14-17)7-4-3-5-8-16)15(21)13-19-9-6-10-20(12-11-19)24(2,22)23/h3-13H2,1-2H3. The lowest BCUT2D eigenvalue weighted by Crippen LogP contribution is -2.52. The zero-order chi connectivity index (χ0) is 17.8. The SMILES string of the molecule is CN(C(=O)CN1CCCN(S(C)(=O)=O)CC1)C1(C#N)CCCCC1. The van der Waals surface area contributed by atoms with Crippen molar-refractivity contribution in [2.75, 3.05) is 46.0 Å². The second-order valence-electron chi connectivity index (χ2n) is 6.95. The summed E-state index contributed by atoms with van der Waals surface area (Å²) >= 11 is 0. The first-order valence-corrected chi connectivity index (χ1v) is 10.5. The number of rotatable bonds is 4. The summed E-state index contributed by atoms with van der Waals surface area (Å²) in [6, 6.07) is 2.37. The topological polar surface area (TPSA) is 84.7 Å². The van der Waals surface area contributed by atoms with E-state index in [1.54, 1.807) is 11.9 Å². The van der Waals surface area contributed by atoms with Crippen LogP contribution in [0.25, 0.3) is 0 Å². The largest absolute Gasteiger partial charge is 0.326 e. The van der Waals surface area contributed by atoms with Gasteiger partial charge in [0, 0.05) is 26.7 Å². The smallest absolute Gasteiger partial charge is 0.237 e. The van der Waals surface area contributed by atoms with Crippen molar-refractivity contribution in [2.45, 2.75) is 44.1 Å². The van der Waals surface area contributed by atoms with E-state index in [1.165, 1.54) is 10.6 Å². The Hall–Kier alpha value is -1.17. The quantitative estimate of drug-likeness (QED) is 0.738. The van der Waals surface area contributed by atoms with Crippen LogP contribution in [-0.4, -0.2) is 80.0 Å². The fourth-order valence-corrected chi connectivity index (χ4v) is 4.51. The molecule has 1 aliphatic carbocycles. The van der Waals surface area contributed by atoms with Gasteiger partial charge in [0.25, 0.3) is 0 Å². The molecule has 1 amide bonds. The van der Waals surface area contributed by atoms with Gasteiger partial charge in [0.1, 0.15) is 5.54 Å². The van der Waals surface area contributed by atoms with E-state index in [-0.39, 0.29) is 12.5 Å². The minimum absolute atomic E-state index is 0.0498. The number of hydrogen-bond donors (Lipinski definition) is 0. The van der Waals surface area contributed by atoms with Crippen LogP contribution in [0.5, 0.6) is 0 Å². The van der Waals surface area contributed by atoms with Crippen LogP contribution in [0, 0.1) is 11.3 Å². The molecule has 0 aromatic rings. The minimum atomic E-state index is -3.18. The second-order valence-corrected chi connectivity index (χ2v) is 8.93. The Labute approximate surface area is 145 Å². The highest BCUT2D eigenvalue weighted by Crippen LogP contribution is 2.32. The molecule has 7 nitrogen and oxygen atoms in total. The van der Waals surface area contributed by atoms with Crippen LogP contribution in [-0.2, 0) is 14.8 Å². The van der Waals surface area contributed by atoms with Gasteiger partial charge >= 0.3 is 0 Å². The number of nitriles is 1. The van der Waals surface area contributed by atoms with E-state index < -0.39 is 15.6 Å². The number of hydrogen-bond acceptors (Lipinski definition) is 5. The summed E-state index contributed by atoms with van der Waals surface area (Å²) in [6.07, 6.45) is 6.52. The van der Waals surface area contributed by atoms with Crippen LogP contribution >= 0.6 is 0 Å². The lowest BCUT2D eigenvalue weighted by atomic mass is 9.81. The van der Waals surface area contributed by atoms with Crippen molar-refractivity contribution in [3.05, 3.63) is 0 Å². The molecule has 0 atom stereocenters. The molecule has 2 rings (SSSR count). The van der Waals surface area contributed by atoms with Crippen LogP contribution in [0.4, 0.5) is 0 Å². The van der Waals surface area contributed by atoms with Gasteiger partial charge < -0.3 is 4.90 Å². The molecule has 1 saturated carbocycles. The molecule has 1 heterocycles. The summed E-state index contributed by atoms with van der Waals surface area (Å²) in [5.41, 5.74) is -0.667. The highest BCUT2D eigenvalue weighted by atomic mass is 32.2. The van der Waals surface area contributed by atoms with Crippen LogP contribution in [0.3, 0.4) is 0 Å². The zero-order valence-electron chi connectivity index (χ0n) is 14.7. The first-order valence-electron chi connectivity index (χ1n) is 8.64. The van der Waals surface area contributed by atoms with Gasteiger partial charge in [-0.15, -0.1) is 0 Å². The van der Waals surface area contributed by atoms with Gasteiger partial charge in [-0.25, -0.2) is 12.7 Å². The first kappa shape index (κ1) is 19.2. The molecule has 2 aliphatic rings. The van der Waals surface area contributed by atoms with Gasteiger partial charge in [-0.3, -0.25) is 9.69 Å². The maximum Gasteiger partial charge on any atom is 0.237 e. The van der Waals surface area contributed by atoms with E-state index >= 15 is 0 Å². The van der Waals surface area contributed by atoms with Gasteiger partial charge in [0.05, 0.1) is 18.9 Å². The second kappa shape index (κ2) is 7.81. The van der Waals surface area contributed by atoms with E-state index in [2.05, 4.69) is 6.07 Å². The van der Waals surface area contributed by atoms with E-state index in [4.69, 9.17) is 0 Å². The van der Waals surface area contributed by atoms with E-state index in [1.807, 2.05) is 4.90 Å². The number of carbonyl (C=O) groups is 1. The molecular formula is C16H28N4O3S. The predicted molar refractivity (Wildman–Crippen MR) is 91.7 cm³/mol. The number of amides is 1. The average Bonchev–Trinajstić information content (AvgIpc) is 2.80. The average molecular weight is 356 g/mol. The Kier molecular flexibility index (Phi) is 6.23. The van der Waals surface area contributed by atoms with Crippen molar-refractivity contribution in [1.29, 1.82) is 5.26 Å². The van der Waals surface area contributed by atoms with Crippen molar-refractivity contribution in [3.63, 3.8) is 0 Å². The lowest BCUT2D eigenvalue weighted by Gasteiger charge is -2.39. The maximum atomic E-state index is 12.7. The molecule has 0 spiro atoms. The fourth-order valence-electron chi connectivity index (χ4n) is 3.63. The molecule has 0 aromatic carbocycles. The summed E-state index contributed by atoms with van der Waals surface area (Å²) < 4.78 is 24.8.